The van der Waals surface area contributed by atoms with E-state index in [-0.39, 0.29) is 51.4 Å². The average Bonchev–Trinajstić information content (AvgIpc) is 2.83. The second-order valence-electron chi connectivity index (χ2n) is 3.06. The first-order chi connectivity index (χ1) is 6.09. The van der Waals surface area contributed by atoms with Crippen molar-refractivity contribution in [2.45, 2.75) is 12.1 Å². The zero-order chi connectivity index (χ0) is 9.47. The SMILES string of the molecule is F[B-](F)(F)[C@H]1O[C@@H]1c1ccccc1.[K+]. The van der Waals surface area contributed by atoms with E-state index in [9.17, 15) is 12.9 Å². The molecule has 2 rings (SSSR count). The molecule has 0 unspecified atom stereocenters. The first kappa shape index (κ1) is 12.7. The fraction of sp³-hybridized carbons (Fsp3) is 0.250. The summed E-state index contributed by atoms with van der Waals surface area (Å²) in [5.41, 5.74) is 0.603. The van der Waals surface area contributed by atoms with E-state index in [1.54, 1.807) is 30.3 Å². The summed E-state index contributed by atoms with van der Waals surface area (Å²) >= 11 is 0. The molecule has 0 amide bonds. The molecule has 0 aromatic heterocycles. The van der Waals surface area contributed by atoms with Crippen LogP contribution in [0.4, 0.5) is 12.9 Å². The quantitative estimate of drug-likeness (QED) is 0.490. The minimum absolute atomic E-state index is 0. The molecule has 2 atom stereocenters. The number of ether oxygens (including phenoxy) is 1. The number of hydrogen-bond donors (Lipinski definition) is 0. The summed E-state index contributed by atoms with van der Waals surface area (Å²) < 4.78 is 40.9. The largest absolute Gasteiger partial charge is 1.00 e. The van der Waals surface area contributed by atoms with Gasteiger partial charge >= 0.3 is 58.4 Å². The number of rotatable bonds is 2. The van der Waals surface area contributed by atoms with Gasteiger partial charge in [0, 0.05) is 0 Å². The van der Waals surface area contributed by atoms with Gasteiger partial charge in [0.05, 0.1) is 12.1 Å². The standard InChI is InChI=1S/C8H7BF3O.K/c10-9(11,12)8-7(13-8)6-4-2-1-3-5-6;/h1-5,7-8H;/q-1;+1/t7-,8+;/m1./s1. The maximum absolute atomic E-state index is 12.1. The summed E-state index contributed by atoms with van der Waals surface area (Å²) in [4.78, 5) is 0. The Morgan fingerprint density at radius 2 is 1.64 bits per heavy atom. The molecule has 0 N–H and O–H groups in total. The normalized spacial score (nSPS) is 25.4. The van der Waals surface area contributed by atoms with E-state index in [0.29, 0.717) is 5.56 Å². The summed E-state index contributed by atoms with van der Waals surface area (Å²) in [6, 6.07) is 6.93. The fourth-order valence-corrected chi connectivity index (χ4v) is 1.32. The summed E-state index contributed by atoms with van der Waals surface area (Å²) in [5.74, 6) is 0. The summed E-state index contributed by atoms with van der Waals surface area (Å²) in [6.07, 6.45) is -0.763. The van der Waals surface area contributed by atoms with Crippen LogP contribution >= 0.6 is 0 Å². The minimum Gasteiger partial charge on any atom is -0.447 e. The molecular formula is C8H7BF3KO. The van der Waals surface area contributed by atoms with Gasteiger partial charge in [-0.25, -0.2) is 0 Å². The van der Waals surface area contributed by atoms with Crippen LogP contribution in [-0.2, 0) is 4.74 Å². The number of halogens is 3. The van der Waals surface area contributed by atoms with Gasteiger partial charge in [0.2, 0.25) is 0 Å². The van der Waals surface area contributed by atoms with Crippen molar-refractivity contribution in [1.29, 1.82) is 0 Å². The van der Waals surface area contributed by atoms with Crippen LogP contribution in [0.2, 0.25) is 0 Å². The van der Waals surface area contributed by atoms with Crippen LogP contribution in [0.3, 0.4) is 0 Å². The molecule has 0 radical (unpaired) electrons. The van der Waals surface area contributed by atoms with E-state index in [1.165, 1.54) is 0 Å². The molecule has 1 aliphatic heterocycles. The first-order valence-corrected chi connectivity index (χ1v) is 3.99. The monoisotopic (exact) mass is 226 g/mol. The molecule has 6 heteroatoms. The summed E-state index contributed by atoms with van der Waals surface area (Å²) in [6.45, 7) is -4.85. The van der Waals surface area contributed by atoms with E-state index >= 15 is 0 Å². The second kappa shape index (κ2) is 4.67. The van der Waals surface area contributed by atoms with Crippen molar-refractivity contribution in [3.63, 3.8) is 0 Å². The van der Waals surface area contributed by atoms with E-state index in [2.05, 4.69) is 4.74 Å². The predicted octanol–water partition coefficient (Wildman–Crippen LogP) is -0.483. The van der Waals surface area contributed by atoms with Crippen molar-refractivity contribution in [3.8, 4) is 0 Å². The molecule has 0 aliphatic carbocycles. The van der Waals surface area contributed by atoms with Gasteiger partial charge in [-0.2, -0.15) is 0 Å². The van der Waals surface area contributed by atoms with E-state index in [0.717, 1.165) is 0 Å². The van der Waals surface area contributed by atoms with Gasteiger partial charge in [0.15, 0.2) is 0 Å². The Bertz CT molecular complexity index is 303. The third-order valence-electron chi connectivity index (χ3n) is 2.03. The Morgan fingerprint density at radius 3 is 2.07 bits per heavy atom. The number of benzene rings is 1. The maximum Gasteiger partial charge on any atom is 1.00 e. The molecule has 1 saturated heterocycles. The van der Waals surface area contributed by atoms with Crippen molar-refractivity contribution in [2.75, 3.05) is 0 Å². The molecule has 1 nitrogen and oxygen atoms in total. The van der Waals surface area contributed by atoms with Gasteiger partial charge in [-0.3, -0.25) is 0 Å². The molecule has 0 spiro atoms. The topological polar surface area (TPSA) is 12.5 Å². The molecule has 0 bridgehead atoms. The van der Waals surface area contributed by atoms with Gasteiger partial charge in [-0.15, -0.1) is 0 Å². The van der Waals surface area contributed by atoms with Gasteiger partial charge in [0.1, 0.15) is 0 Å². The molecule has 1 aliphatic rings. The molecule has 70 valence electrons. The van der Waals surface area contributed by atoms with Gasteiger partial charge in [0.25, 0.3) is 0 Å². The van der Waals surface area contributed by atoms with Crippen molar-refractivity contribution in [3.05, 3.63) is 35.9 Å². The number of hydrogen-bond acceptors (Lipinski definition) is 1. The smallest absolute Gasteiger partial charge is 0.447 e. The first-order valence-electron chi connectivity index (χ1n) is 3.99. The van der Waals surface area contributed by atoms with Crippen LogP contribution in [0.5, 0.6) is 0 Å². The fourth-order valence-electron chi connectivity index (χ4n) is 1.32. The third-order valence-corrected chi connectivity index (χ3v) is 2.03. The van der Waals surface area contributed by atoms with Crippen LogP contribution in [0, 0.1) is 0 Å². The number of epoxide rings is 1. The molecule has 1 aromatic rings. The zero-order valence-electron chi connectivity index (χ0n) is 7.66. The summed E-state index contributed by atoms with van der Waals surface area (Å²) in [7, 11) is 0. The molecule has 1 aromatic carbocycles. The Labute approximate surface area is 122 Å². The average molecular weight is 226 g/mol. The van der Waals surface area contributed by atoms with Gasteiger partial charge in [-0.1, -0.05) is 30.3 Å². The van der Waals surface area contributed by atoms with E-state index in [1.807, 2.05) is 0 Å². The summed E-state index contributed by atoms with van der Waals surface area (Å²) in [5, 5.41) is 0. The minimum atomic E-state index is -4.85. The molecular weight excluding hydrogens is 219 g/mol. The Hall–Kier alpha value is 0.671. The second-order valence-corrected chi connectivity index (χ2v) is 3.06. The molecule has 0 saturated carbocycles. The van der Waals surface area contributed by atoms with Crippen molar-refractivity contribution < 1.29 is 69.1 Å². The van der Waals surface area contributed by atoms with Crippen LogP contribution in [-0.4, -0.2) is 13.0 Å². The zero-order valence-corrected chi connectivity index (χ0v) is 10.8. The molecule has 1 fully saturated rings. The van der Waals surface area contributed by atoms with Crippen LogP contribution in [0.15, 0.2) is 30.3 Å². The Balaban J connectivity index is 0.000000980. The Morgan fingerprint density at radius 1 is 1.07 bits per heavy atom. The van der Waals surface area contributed by atoms with Crippen molar-refractivity contribution in [2.24, 2.45) is 0 Å². The van der Waals surface area contributed by atoms with Gasteiger partial charge in [-0.05, 0) is 5.56 Å². The predicted molar refractivity (Wildman–Crippen MR) is 43.1 cm³/mol. The van der Waals surface area contributed by atoms with E-state index in [4.69, 9.17) is 0 Å². The van der Waals surface area contributed by atoms with Crippen molar-refractivity contribution >= 4 is 6.98 Å². The van der Waals surface area contributed by atoms with Crippen LogP contribution in [0.1, 0.15) is 11.7 Å². The van der Waals surface area contributed by atoms with E-state index < -0.39 is 19.1 Å². The molecule has 1 heterocycles. The van der Waals surface area contributed by atoms with Crippen LogP contribution < -0.4 is 51.4 Å². The molecule has 14 heavy (non-hydrogen) atoms. The van der Waals surface area contributed by atoms with Crippen LogP contribution in [0.25, 0.3) is 0 Å². The van der Waals surface area contributed by atoms with Gasteiger partial charge < -0.3 is 17.7 Å². The maximum atomic E-state index is 12.1. The third kappa shape index (κ3) is 2.84. The van der Waals surface area contributed by atoms with Crippen molar-refractivity contribution in [1.82, 2.24) is 0 Å². The Kier molecular flexibility index (Phi) is 4.25.